The molecule has 0 spiro atoms. The van der Waals surface area contributed by atoms with Crippen LogP contribution >= 0.6 is 0 Å². The summed E-state index contributed by atoms with van der Waals surface area (Å²) in [4.78, 5) is 36.3. The lowest BCUT2D eigenvalue weighted by molar-refractivity contribution is -0.122. The Kier molecular flexibility index (Phi) is 4.81. The Balaban J connectivity index is 2.26. The maximum atomic E-state index is 12.2. The van der Waals surface area contributed by atoms with Crippen LogP contribution in [-0.4, -0.2) is 15.0 Å². The quantitative estimate of drug-likeness (QED) is 0.857. The number of hydrogen-bond acceptors (Lipinski definition) is 5. The smallest absolute Gasteiger partial charge is 0.331 e. The summed E-state index contributed by atoms with van der Waals surface area (Å²) >= 11 is 0. The molecular formula is C15H16N4O4. The lowest BCUT2D eigenvalue weighted by Gasteiger charge is -2.13. The average Bonchev–Trinajstić information content (AvgIpc) is 3.06. The molecule has 0 saturated heterocycles. The third kappa shape index (κ3) is 3.40. The van der Waals surface area contributed by atoms with Gasteiger partial charge in [0, 0.05) is 12.7 Å². The van der Waals surface area contributed by atoms with Gasteiger partial charge in [-0.05, 0) is 26.0 Å². The molecule has 8 heteroatoms. The fourth-order valence-corrected chi connectivity index (χ4v) is 2.14. The molecule has 0 aliphatic carbocycles. The van der Waals surface area contributed by atoms with Crippen molar-refractivity contribution in [3.05, 3.63) is 56.8 Å². The minimum Gasteiger partial charge on any atom is -0.467 e. The van der Waals surface area contributed by atoms with Crippen molar-refractivity contribution in [2.45, 2.75) is 33.0 Å². The van der Waals surface area contributed by atoms with Crippen molar-refractivity contribution in [2.24, 2.45) is 0 Å². The van der Waals surface area contributed by atoms with Crippen LogP contribution in [0.3, 0.4) is 0 Å². The number of carbonyl (C=O) groups is 1. The van der Waals surface area contributed by atoms with E-state index in [1.54, 1.807) is 32.0 Å². The third-order valence-electron chi connectivity index (χ3n) is 3.35. The van der Waals surface area contributed by atoms with E-state index in [0.29, 0.717) is 5.76 Å². The number of aromatic nitrogens is 2. The number of furan rings is 1. The molecular weight excluding hydrogens is 300 g/mol. The zero-order chi connectivity index (χ0) is 17.0. The number of aryl methyl sites for hydroxylation is 1. The minimum absolute atomic E-state index is 0.182. The molecule has 1 N–H and O–H groups in total. The SMILES string of the molecule is CCn1cc(C#N)c(=O)n(CC(=O)NC(C)c2ccco2)c1=O. The van der Waals surface area contributed by atoms with Gasteiger partial charge in [-0.1, -0.05) is 0 Å². The maximum Gasteiger partial charge on any atom is 0.331 e. The number of amides is 1. The van der Waals surface area contributed by atoms with E-state index in [2.05, 4.69) is 5.32 Å². The summed E-state index contributed by atoms with van der Waals surface area (Å²) in [6, 6.07) is 4.73. The van der Waals surface area contributed by atoms with Crippen LogP contribution in [0, 0.1) is 11.3 Å². The first-order chi connectivity index (χ1) is 11.0. The fraction of sp³-hybridized carbons (Fsp3) is 0.333. The van der Waals surface area contributed by atoms with Crippen molar-refractivity contribution in [3.8, 4) is 6.07 Å². The van der Waals surface area contributed by atoms with E-state index in [1.165, 1.54) is 17.0 Å². The topological polar surface area (TPSA) is 110 Å². The van der Waals surface area contributed by atoms with Crippen LogP contribution in [0.25, 0.3) is 0 Å². The number of rotatable bonds is 5. The van der Waals surface area contributed by atoms with Gasteiger partial charge in [0.25, 0.3) is 5.56 Å². The Morgan fingerprint density at radius 3 is 2.78 bits per heavy atom. The van der Waals surface area contributed by atoms with Gasteiger partial charge in [0.15, 0.2) is 0 Å². The average molecular weight is 316 g/mol. The molecule has 8 nitrogen and oxygen atoms in total. The molecule has 1 amide bonds. The van der Waals surface area contributed by atoms with Gasteiger partial charge in [-0.15, -0.1) is 0 Å². The third-order valence-corrected chi connectivity index (χ3v) is 3.35. The first-order valence-electron chi connectivity index (χ1n) is 7.05. The Bertz CT molecular complexity index is 855. The van der Waals surface area contributed by atoms with Gasteiger partial charge >= 0.3 is 5.69 Å². The van der Waals surface area contributed by atoms with E-state index in [9.17, 15) is 14.4 Å². The highest BCUT2D eigenvalue weighted by Gasteiger charge is 2.16. The normalized spacial score (nSPS) is 11.7. The van der Waals surface area contributed by atoms with Gasteiger partial charge in [0.2, 0.25) is 5.91 Å². The fourth-order valence-electron chi connectivity index (χ4n) is 2.14. The van der Waals surface area contributed by atoms with Crippen LogP contribution in [0.1, 0.15) is 31.2 Å². The van der Waals surface area contributed by atoms with Gasteiger partial charge < -0.3 is 9.73 Å². The standard InChI is InChI=1S/C15H16N4O4/c1-3-18-8-11(7-16)14(21)19(15(18)22)9-13(20)17-10(2)12-5-4-6-23-12/h4-6,8,10H,3,9H2,1-2H3,(H,17,20). The van der Waals surface area contributed by atoms with E-state index in [1.807, 2.05) is 0 Å². The Morgan fingerprint density at radius 1 is 1.48 bits per heavy atom. The molecule has 2 aromatic rings. The number of hydrogen-bond donors (Lipinski definition) is 1. The molecule has 2 aromatic heterocycles. The van der Waals surface area contributed by atoms with Crippen LogP contribution in [0.5, 0.6) is 0 Å². The van der Waals surface area contributed by atoms with Gasteiger partial charge in [-0.2, -0.15) is 5.26 Å². The minimum atomic E-state index is -0.775. The predicted molar refractivity (Wildman–Crippen MR) is 80.6 cm³/mol. The molecule has 0 aromatic carbocycles. The highest BCUT2D eigenvalue weighted by molar-refractivity contribution is 5.76. The van der Waals surface area contributed by atoms with E-state index < -0.39 is 29.7 Å². The summed E-state index contributed by atoms with van der Waals surface area (Å²) in [6.07, 6.45) is 2.68. The Hall–Kier alpha value is -3.08. The number of carbonyl (C=O) groups excluding carboxylic acids is 1. The van der Waals surface area contributed by atoms with Crippen LogP contribution < -0.4 is 16.6 Å². The van der Waals surface area contributed by atoms with Gasteiger partial charge in [0.05, 0.1) is 12.3 Å². The highest BCUT2D eigenvalue weighted by Crippen LogP contribution is 2.11. The summed E-state index contributed by atoms with van der Waals surface area (Å²) in [5, 5.41) is 11.6. The summed E-state index contributed by atoms with van der Waals surface area (Å²) in [6.45, 7) is 3.25. The summed E-state index contributed by atoms with van der Waals surface area (Å²) < 4.78 is 7.14. The molecule has 0 bridgehead atoms. The summed E-state index contributed by atoms with van der Waals surface area (Å²) in [5.74, 6) is 0.0354. The summed E-state index contributed by atoms with van der Waals surface area (Å²) in [5.41, 5.74) is -1.58. The molecule has 0 aliphatic heterocycles. The first kappa shape index (κ1) is 16.3. The molecule has 0 saturated carbocycles. The van der Waals surface area contributed by atoms with Crippen LogP contribution in [0.2, 0.25) is 0 Å². The highest BCUT2D eigenvalue weighted by atomic mass is 16.3. The maximum absolute atomic E-state index is 12.2. The van der Waals surface area contributed by atoms with Crippen molar-refractivity contribution in [1.29, 1.82) is 5.26 Å². The Morgan fingerprint density at radius 2 is 2.22 bits per heavy atom. The van der Waals surface area contributed by atoms with Crippen LogP contribution in [0.4, 0.5) is 0 Å². The second-order valence-electron chi connectivity index (χ2n) is 4.92. The van der Waals surface area contributed by atoms with Crippen molar-refractivity contribution >= 4 is 5.91 Å². The first-order valence-corrected chi connectivity index (χ1v) is 7.05. The molecule has 1 atom stereocenters. The molecule has 0 fully saturated rings. The lowest BCUT2D eigenvalue weighted by Crippen LogP contribution is -2.44. The van der Waals surface area contributed by atoms with Crippen molar-refractivity contribution in [1.82, 2.24) is 14.5 Å². The number of nitrogens with one attached hydrogen (secondary N) is 1. The number of nitriles is 1. The van der Waals surface area contributed by atoms with E-state index >= 15 is 0 Å². The molecule has 23 heavy (non-hydrogen) atoms. The van der Waals surface area contributed by atoms with Gasteiger partial charge in [0.1, 0.15) is 23.9 Å². The molecule has 120 valence electrons. The molecule has 2 heterocycles. The second kappa shape index (κ2) is 6.79. The number of nitrogens with zero attached hydrogens (tertiary/aromatic N) is 3. The zero-order valence-corrected chi connectivity index (χ0v) is 12.8. The predicted octanol–water partition coefficient (Wildman–Crippen LogP) is 0.372. The zero-order valence-electron chi connectivity index (χ0n) is 12.8. The van der Waals surface area contributed by atoms with Gasteiger partial charge in [-0.3, -0.25) is 14.2 Å². The second-order valence-corrected chi connectivity index (χ2v) is 4.92. The molecule has 0 aliphatic rings. The lowest BCUT2D eigenvalue weighted by atomic mass is 10.2. The largest absolute Gasteiger partial charge is 0.467 e. The molecule has 0 radical (unpaired) electrons. The molecule has 1 unspecified atom stereocenters. The monoisotopic (exact) mass is 316 g/mol. The van der Waals surface area contributed by atoms with E-state index in [-0.39, 0.29) is 12.1 Å². The molecule has 2 rings (SSSR count). The van der Waals surface area contributed by atoms with Crippen molar-refractivity contribution in [2.75, 3.05) is 0 Å². The van der Waals surface area contributed by atoms with Crippen LogP contribution in [-0.2, 0) is 17.9 Å². The van der Waals surface area contributed by atoms with Gasteiger partial charge in [-0.25, -0.2) is 9.36 Å². The van der Waals surface area contributed by atoms with Crippen LogP contribution in [0.15, 0.2) is 38.6 Å². The summed E-state index contributed by atoms with van der Waals surface area (Å²) in [7, 11) is 0. The van der Waals surface area contributed by atoms with E-state index in [0.717, 1.165) is 4.57 Å². The van der Waals surface area contributed by atoms with Crippen molar-refractivity contribution in [3.63, 3.8) is 0 Å². The van der Waals surface area contributed by atoms with E-state index in [4.69, 9.17) is 9.68 Å². The Labute approximate surface area is 131 Å². The van der Waals surface area contributed by atoms with Crippen molar-refractivity contribution < 1.29 is 9.21 Å².